The molecule has 0 amide bonds. The van der Waals surface area contributed by atoms with E-state index in [2.05, 4.69) is 59.2 Å². The van der Waals surface area contributed by atoms with Gasteiger partial charge in [-0.1, -0.05) is 42.5 Å². The summed E-state index contributed by atoms with van der Waals surface area (Å²) in [6.07, 6.45) is 6.94. The second-order valence-electron chi connectivity index (χ2n) is 8.42. The number of carbonyl (C=O) groups is 1. The first-order chi connectivity index (χ1) is 13.7. The molecule has 0 saturated carbocycles. The molecule has 1 atom stereocenters. The molecule has 2 aromatic rings. The van der Waals surface area contributed by atoms with Gasteiger partial charge in [0, 0.05) is 25.7 Å². The normalized spacial score (nSPS) is 20.7. The van der Waals surface area contributed by atoms with E-state index < -0.39 is 0 Å². The first-order valence-electron chi connectivity index (χ1n) is 10.8. The summed E-state index contributed by atoms with van der Waals surface area (Å²) in [5.41, 5.74) is 6.92. The van der Waals surface area contributed by atoms with E-state index in [0.717, 1.165) is 44.7 Å². The zero-order valence-electron chi connectivity index (χ0n) is 17.1. The minimum Gasteiger partial charge on any atom is -0.302 e. The van der Waals surface area contributed by atoms with Crippen molar-refractivity contribution in [1.82, 2.24) is 9.80 Å². The lowest BCUT2D eigenvalue weighted by molar-refractivity contribution is -0.108. The van der Waals surface area contributed by atoms with E-state index in [1.54, 1.807) is 0 Å². The molecule has 4 rings (SSSR count). The molecule has 0 aliphatic carbocycles. The Bertz CT molecular complexity index is 799. The van der Waals surface area contributed by atoms with Crippen LogP contribution in [0.2, 0.25) is 0 Å². The highest BCUT2D eigenvalue weighted by molar-refractivity contribution is 5.65. The average molecular weight is 377 g/mol. The highest BCUT2D eigenvalue weighted by Crippen LogP contribution is 2.26. The van der Waals surface area contributed by atoms with Crippen LogP contribution in [0.15, 0.2) is 42.5 Å². The maximum absolute atomic E-state index is 10.8. The number of carbonyl (C=O) groups excluding carboxylic acids is 1. The molecule has 1 fully saturated rings. The fourth-order valence-electron chi connectivity index (χ4n) is 4.70. The summed E-state index contributed by atoms with van der Waals surface area (Å²) < 4.78 is 0. The van der Waals surface area contributed by atoms with Crippen molar-refractivity contribution in [3.05, 3.63) is 59.2 Å². The maximum atomic E-state index is 10.8. The number of hydrogen-bond donors (Lipinski definition) is 0. The summed E-state index contributed by atoms with van der Waals surface area (Å²) in [5, 5.41) is 0. The molecule has 0 spiro atoms. The Morgan fingerprint density at radius 2 is 1.71 bits per heavy atom. The van der Waals surface area contributed by atoms with Crippen LogP contribution in [-0.4, -0.2) is 54.9 Å². The van der Waals surface area contributed by atoms with Gasteiger partial charge < -0.3 is 9.69 Å². The number of hydrogen-bond acceptors (Lipinski definition) is 3. The second kappa shape index (κ2) is 9.02. The van der Waals surface area contributed by atoms with E-state index in [0.29, 0.717) is 6.54 Å². The molecular formula is C25H32N2O. The van der Waals surface area contributed by atoms with Crippen LogP contribution in [0.25, 0.3) is 11.1 Å². The van der Waals surface area contributed by atoms with Gasteiger partial charge in [0.15, 0.2) is 0 Å². The zero-order valence-corrected chi connectivity index (χ0v) is 17.1. The largest absolute Gasteiger partial charge is 0.302 e. The molecule has 1 saturated heterocycles. The molecule has 2 aromatic carbocycles. The van der Waals surface area contributed by atoms with Gasteiger partial charge in [0.1, 0.15) is 6.29 Å². The fraction of sp³-hybridized carbons (Fsp3) is 0.480. The number of likely N-dealkylation sites (tertiary alicyclic amines) is 1. The van der Waals surface area contributed by atoms with Crippen molar-refractivity contribution in [3.8, 4) is 11.1 Å². The van der Waals surface area contributed by atoms with Gasteiger partial charge in [-0.15, -0.1) is 0 Å². The third kappa shape index (κ3) is 4.53. The van der Waals surface area contributed by atoms with Crippen LogP contribution in [0.3, 0.4) is 0 Å². The van der Waals surface area contributed by atoms with Gasteiger partial charge in [-0.05, 0) is 73.4 Å². The predicted molar refractivity (Wildman–Crippen MR) is 116 cm³/mol. The van der Waals surface area contributed by atoms with Gasteiger partial charge in [-0.25, -0.2) is 0 Å². The van der Waals surface area contributed by atoms with Crippen LogP contribution in [-0.2, 0) is 24.1 Å². The van der Waals surface area contributed by atoms with Crippen molar-refractivity contribution >= 4 is 6.29 Å². The Labute approximate surface area is 169 Å². The van der Waals surface area contributed by atoms with E-state index in [9.17, 15) is 4.79 Å². The lowest BCUT2D eigenvalue weighted by Gasteiger charge is -2.20. The van der Waals surface area contributed by atoms with Crippen molar-refractivity contribution in [1.29, 1.82) is 0 Å². The average Bonchev–Trinajstić information content (AvgIpc) is 3.02. The van der Waals surface area contributed by atoms with E-state index in [-0.39, 0.29) is 0 Å². The smallest absolute Gasteiger partial charge is 0.133 e. The minimum atomic E-state index is 0.554. The van der Waals surface area contributed by atoms with Gasteiger partial charge in [0.05, 0.1) is 6.54 Å². The Morgan fingerprint density at radius 1 is 0.964 bits per heavy atom. The van der Waals surface area contributed by atoms with Crippen molar-refractivity contribution in [2.24, 2.45) is 0 Å². The third-order valence-electron chi connectivity index (χ3n) is 6.60. The second-order valence-corrected chi connectivity index (χ2v) is 8.42. The molecule has 2 aliphatic heterocycles. The van der Waals surface area contributed by atoms with Crippen molar-refractivity contribution in [2.45, 2.75) is 45.1 Å². The van der Waals surface area contributed by atoms with Gasteiger partial charge in [0.25, 0.3) is 0 Å². The number of nitrogens with zero attached hydrogens (tertiary/aromatic N) is 2. The van der Waals surface area contributed by atoms with Crippen molar-refractivity contribution < 1.29 is 4.79 Å². The Kier molecular flexibility index (Phi) is 6.23. The maximum Gasteiger partial charge on any atom is 0.133 e. The van der Waals surface area contributed by atoms with Crippen LogP contribution >= 0.6 is 0 Å². The van der Waals surface area contributed by atoms with E-state index in [4.69, 9.17) is 0 Å². The van der Waals surface area contributed by atoms with E-state index >= 15 is 0 Å². The third-order valence-corrected chi connectivity index (χ3v) is 6.60. The van der Waals surface area contributed by atoms with Gasteiger partial charge in [0.2, 0.25) is 0 Å². The van der Waals surface area contributed by atoms with Crippen molar-refractivity contribution in [3.63, 3.8) is 0 Å². The molecule has 1 unspecified atom stereocenters. The van der Waals surface area contributed by atoms with Crippen LogP contribution < -0.4 is 0 Å². The number of fused-ring (bicyclic) bond motifs is 1. The molecule has 2 heterocycles. The van der Waals surface area contributed by atoms with Gasteiger partial charge in [-0.3, -0.25) is 4.90 Å². The lowest BCUT2D eigenvalue weighted by atomic mass is 9.96. The molecule has 2 aliphatic rings. The van der Waals surface area contributed by atoms with Crippen LogP contribution in [0.1, 0.15) is 36.5 Å². The standard InChI is InChI=1S/C25H32N2O/c1-20-3-2-13-27(20)16-10-21-4-6-22(7-5-21)24-9-8-23-11-14-26(17-18-28)15-12-25(23)19-24/h4-9,18-20H,2-3,10-17H2,1H3. The Morgan fingerprint density at radius 3 is 2.43 bits per heavy atom. The first kappa shape index (κ1) is 19.4. The van der Waals surface area contributed by atoms with E-state index in [1.807, 2.05) is 0 Å². The number of benzene rings is 2. The molecule has 3 heteroatoms. The molecule has 28 heavy (non-hydrogen) atoms. The minimum absolute atomic E-state index is 0.554. The molecular weight excluding hydrogens is 344 g/mol. The van der Waals surface area contributed by atoms with Crippen LogP contribution in [0, 0.1) is 0 Å². The van der Waals surface area contributed by atoms with Crippen LogP contribution in [0.4, 0.5) is 0 Å². The monoisotopic (exact) mass is 376 g/mol. The molecule has 148 valence electrons. The van der Waals surface area contributed by atoms with E-state index in [1.165, 1.54) is 53.7 Å². The summed E-state index contributed by atoms with van der Waals surface area (Å²) in [4.78, 5) is 15.7. The molecule has 0 bridgehead atoms. The van der Waals surface area contributed by atoms with Crippen LogP contribution in [0.5, 0.6) is 0 Å². The quantitative estimate of drug-likeness (QED) is 0.713. The highest BCUT2D eigenvalue weighted by atomic mass is 16.1. The topological polar surface area (TPSA) is 23.6 Å². The fourth-order valence-corrected chi connectivity index (χ4v) is 4.70. The lowest BCUT2D eigenvalue weighted by Crippen LogP contribution is -2.28. The zero-order chi connectivity index (χ0) is 19.3. The number of aldehydes is 1. The molecule has 3 nitrogen and oxygen atoms in total. The summed E-state index contributed by atoms with van der Waals surface area (Å²) in [7, 11) is 0. The van der Waals surface area contributed by atoms with Crippen molar-refractivity contribution in [2.75, 3.05) is 32.7 Å². The highest BCUT2D eigenvalue weighted by Gasteiger charge is 2.19. The first-order valence-corrected chi connectivity index (χ1v) is 10.8. The molecule has 0 radical (unpaired) electrons. The Hall–Kier alpha value is -1.97. The summed E-state index contributed by atoms with van der Waals surface area (Å²) in [6, 6.07) is 16.8. The van der Waals surface area contributed by atoms with Gasteiger partial charge >= 0.3 is 0 Å². The summed E-state index contributed by atoms with van der Waals surface area (Å²) in [5.74, 6) is 0. The van der Waals surface area contributed by atoms with Gasteiger partial charge in [-0.2, -0.15) is 0 Å². The Balaban J connectivity index is 1.41. The SMILES string of the molecule is CC1CCCN1CCc1ccc(-c2ccc3c(c2)CCN(CC=O)CC3)cc1. The molecule has 0 aromatic heterocycles. The number of rotatable bonds is 6. The summed E-state index contributed by atoms with van der Waals surface area (Å²) in [6.45, 7) is 7.30. The predicted octanol–water partition coefficient (Wildman–Crippen LogP) is 3.98. The summed E-state index contributed by atoms with van der Waals surface area (Å²) >= 11 is 0. The molecule has 0 N–H and O–H groups in total.